The molecule has 4 heterocycles. The number of hydrogen-bond acceptors (Lipinski definition) is 6. The Hall–Kier alpha value is -3.98. The van der Waals surface area contributed by atoms with E-state index in [1.54, 1.807) is 27.6 Å². The Bertz CT molecular complexity index is 1520. The molecule has 37 heavy (non-hydrogen) atoms. The summed E-state index contributed by atoms with van der Waals surface area (Å²) >= 11 is 0. The molecule has 0 saturated carbocycles. The zero-order valence-electron chi connectivity index (χ0n) is 21.7. The van der Waals surface area contributed by atoms with Gasteiger partial charge in [-0.3, -0.25) is 14.0 Å². The SMILES string of the molecule is C=Cc1ccc(-n2c(=O)n(C3CCN(Cc4ncc(C(=O)OC(C)(C)C)n4C)C3)c3ncccc32)cc1. The third-order valence-electron chi connectivity index (χ3n) is 6.69. The highest BCUT2D eigenvalue weighted by molar-refractivity contribution is 5.87. The summed E-state index contributed by atoms with van der Waals surface area (Å²) in [4.78, 5) is 37.6. The van der Waals surface area contributed by atoms with E-state index in [1.807, 2.05) is 68.8 Å². The molecule has 1 saturated heterocycles. The Labute approximate surface area is 215 Å². The number of ether oxygens (including phenoxy) is 1. The van der Waals surface area contributed by atoms with E-state index < -0.39 is 5.60 Å². The van der Waals surface area contributed by atoms with E-state index in [4.69, 9.17) is 4.74 Å². The first-order valence-corrected chi connectivity index (χ1v) is 12.4. The Balaban J connectivity index is 1.39. The van der Waals surface area contributed by atoms with Crippen LogP contribution in [0.1, 0.15) is 55.1 Å². The molecule has 3 aromatic heterocycles. The molecule has 0 spiro atoms. The van der Waals surface area contributed by atoms with Gasteiger partial charge in [0.1, 0.15) is 17.1 Å². The number of carbonyl (C=O) groups excluding carboxylic acids is 1. The number of hydrogen-bond donors (Lipinski definition) is 0. The van der Waals surface area contributed by atoms with Gasteiger partial charge in [0, 0.05) is 26.3 Å². The lowest BCUT2D eigenvalue weighted by atomic mass is 10.2. The third-order valence-corrected chi connectivity index (χ3v) is 6.69. The molecule has 1 aromatic carbocycles. The monoisotopic (exact) mass is 500 g/mol. The van der Waals surface area contributed by atoms with Crippen molar-refractivity contribution in [2.45, 2.75) is 45.4 Å². The van der Waals surface area contributed by atoms with Crippen LogP contribution in [-0.4, -0.2) is 53.2 Å². The van der Waals surface area contributed by atoms with Crippen molar-refractivity contribution in [1.29, 1.82) is 0 Å². The van der Waals surface area contributed by atoms with Crippen LogP contribution < -0.4 is 5.69 Å². The molecule has 0 N–H and O–H groups in total. The summed E-state index contributed by atoms with van der Waals surface area (Å²) in [6, 6.07) is 11.5. The molecule has 1 atom stereocenters. The molecule has 192 valence electrons. The van der Waals surface area contributed by atoms with Crippen molar-refractivity contribution >= 4 is 23.2 Å². The summed E-state index contributed by atoms with van der Waals surface area (Å²) in [5.41, 5.74) is 3.00. The van der Waals surface area contributed by atoms with Gasteiger partial charge in [0.15, 0.2) is 5.65 Å². The fraction of sp³-hybridized carbons (Fsp3) is 0.357. The van der Waals surface area contributed by atoms with Crippen LogP contribution in [-0.2, 0) is 18.3 Å². The zero-order chi connectivity index (χ0) is 26.3. The minimum Gasteiger partial charge on any atom is -0.455 e. The Kier molecular flexibility index (Phi) is 6.33. The Morgan fingerprint density at radius 3 is 2.65 bits per heavy atom. The first-order chi connectivity index (χ1) is 17.7. The average molecular weight is 501 g/mol. The van der Waals surface area contributed by atoms with Gasteiger partial charge in [-0.05, 0) is 57.0 Å². The van der Waals surface area contributed by atoms with Gasteiger partial charge in [0.05, 0.1) is 30.0 Å². The van der Waals surface area contributed by atoms with E-state index in [0.717, 1.165) is 35.6 Å². The van der Waals surface area contributed by atoms with Gasteiger partial charge < -0.3 is 9.30 Å². The van der Waals surface area contributed by atoms with Crippen molar-refractivity contribution in [2.24, 2.45) is 7.05 Å². The highest BCUT2D eigenvalue weighted by Crippen LogP contribution is 2.27. The minimum atomic E-state index is -0.572. The van der Waals surface area contributed by atoms with Crippen LogP contribution in [0.25, 0.3) is 22.9 Å². The van der Waals surface area contributed by atoms with Crippen molar-refractivity contribution in [2.75, 3.05) is 13.1 Å². The van der Waals surface area contributed by atoms with Crippen molar-refractivity contribution in [1.82, 2.24) is 28.6 Å². The maximum absolute atomic E-state index is 13.7. The number of esters is 1. The molecule has 1 aliphatic rings. The van der Waals surface area contributed by atoms with E-state index in [2.05, 4.69) is 21.4 Å². The van der Waals surface area contributed by atoms with Gasteiger partial charge >= 0.3 is 11.7 Å². The van der Waals surface area contributed by atoms with Gasteiger partial charge in [0.2, 0.25) is 0 Å². The molecule has 4 aromatic rings. The van der Waals surface area contributed by atoms with Crippen molar-refractivity contribution in [3.05, 3.63) is 82.9 Å². The second kappa shape index (κ2) is 9.48. The lowest BCUT2D eigenvalue weighted by Gasteiger charge is -2.20. The Morgan fingerprint density at radius 2 is 1.95 bits per heavy atom. The Morgan fingerprint density at radius 1 is 1.19 bits per heavy atom. The molecule has 0 radical (unpaired) electrons. The van der Waals surface area contributed by atoms with Crippen LogP contribution in [0.2, 0.25) is 0 Å². The molecule has 0 amide bonds. The van der Waals surface area contributed by atoms with E-state index >= 15 is 0 Å². The van der Waals surface area contributed by atoms with Crippen molar-refractivity contribution in [3.63, 3.8) is 0 Å². The van der Waals surface area contributed by atoms with Crippen LogP contribution in [0.15, 0.2) is 60.2 Å². The van der Waals surface area contributed by atoms with Gasteiger partial charge in [0.25, 0.3) is 0 Å². The second-order valence-corrected chi connectivity index (χ2v) is 10.4. The summed E-state index contributed by atoms with van der Waals surface area (Å²) in [5.74, 6) is 0.385. The first-order valence-electron chi connectivity index (χ1n) is 12.4. The third kappa shape index (κ3) is 4.74. The fourth-order valence-electron chi connectivity index (χ4n) is 4.87. The maximum Gasteiger partial charge on any atom is 0.357 e. The summed E-state index contributed by atoms with van der Waals surface area (Å²) in [5, 5.41) is 0. The number of fused-ring (bicyclic) bond motifs is 1. The number of rotatable bonds is 6. The summed E-state index contributed by atoms with van der Waals surface area (Å²) in [6.07, 6.45) is 5.88. The summed E-state index contributed by atoms with van der Waals surface area (Å²) in [6.45, 7) is 11.4. The van der Waals surface area contributed by atoms with E-state index in [1.165, 1.54) is 0 Å². The van der Waals surface area contributed by atoms with Crippen molar-refractivity contribution in [3.8, 4) is 5.69 Å². The lowest BCUT2D eigenvalue weighted by Crippen LogP contribution is -2.29. The van der Waals surface area contributed by atoms with Crippen LogP contribution >= 0.6 is 0 Å². The topological polar surface area (TPSA) is 87.2 Å². The number of benzene rings is 1. The predicted molar refractivity (Wildman–Crippen MR) is 143 cm³/mol. The second-order valence-electron chi connectivity index (χ2n) is 10.4. The van der Waals surface area contributed by atoms with Gasteiger partial charge in [-0.2, -0.15) is 0 Å². The summed E-state index contributed by atoms with van der Waals surface area (Å²) in [7, 11) is 1.83. The molecule has 9 nitrogen and oxygen atoms in total. The summed E-state index contributed by atoms with van der Waals surface area (Å²) < 4.78 is 10.8. The normalized spacial score (nSPS) is 16.4. The minimum absolute atomic E-state index is 0.0239. The average Bonchev–Trinajstić information content (AvgIpc) is 3.54. The standard InChI is InChI=1S/C28H32N6O3/c1-6-19-9-11-20(12-10-19)33-22-8-7-14-29-25(22)34(27(33)36)21-13-15-32(17-21)18-24-30-16-23(31(24)5)26(35)37-28(2,3)4/h6-12,14,16,21H,1,13,15,17-18H2,2-5H3. The zero-order valence-corrected chi connectivity index (χ0v) is 21.7. The quantitative estimate of drug-likeness (QED) is 0.373. The first kappa shape index (κ1) is 24.7. The molecule has 1 fully saturated rings. The van der Waals surface area contributed by atoms with Crippen LogP contribution in [0.5, 0.6) is 0 Å². The lowest BCUT2D eigenvalue weighted by molar-refractivity contribution is 0.00584. The van der Waals surface area contributed by atoms with Gasteiger partial charge in [-0.15, -0.1) is 0 Å². The largest absolute Gasteiger partial charge is 0.455 e. The van der Waals surface area contributed by atoms with E-state index in [0.29, 0.717) is 24.4 Å². The maximum atomic E-state index is 13.7. The number of pyridine rings is 1. The smallest absolute Gasteiger partial charge is 0.357 e. The molecule has 0 bridgehead atoms. The van der Waals surface area contributed by atoms with Crippen LogP contribution in [0.3, 0.4) is 0 Å². The molecule has 0 aliphatic carbocycles. The van der Waals surface area contributed by atoms with Crippen molar-refractivity contribution < 1.29 is 9.53 Å². The number of aromatic nitrogens is 5. The number of nitrogens with zero attached hydrogens (tertiary/aromatic N) is 6. The number of carbonyl (C=O) groups is 1. The molecule has 1 aliphatic heterocycles. The molecule has 5 rings (SSSR count). The molecule has 9 heteroatoms. The highest BCUT2D eigenvalue weighted by atomic mass is 16.6. The number of imidazole rings is 2. The van der Waals surface area contributed by atoms with Gasteiger partial charge in [-0.25, -0.2) is 19.6 Å². The molecule has 1 unspecified atom stereocenters. The van der Waals surface area contributed by atoms with Gasteiger partial charge in [-0.1, -0.05) is 24.8 Å². The highest BCUT2D eigenvalue weighted by Gasteiger charge is 2.30. The molecular formula is C28H32N6O3. The predicted octanol–water partition coefficient (Wildman–Crippen LogP) is 3.97. The number of likely N-dealkylation sites (tertiary alicyclic amines) is 1. The molecular weight excluding hydrogens is 468 g/mol. The van der Waals surface area contributed by atoms with E-state index in [9.17, 15) is 9.59 Å². The fourth-order valence-corrected chi connectivity index (χ4v) is 4.87. The van der Waals surface area contributed by atoms with Crippen LogP contribution in [0, 0.1) is 0 Å². The van der Waals surface area contributed by atoms with E-state index in [-0.39, 0.29) is 17.7 Å². The van der Waals surface area contributed by atoms with Crippen LogP contribution in [0.4, 0.5) is 0 Å².